The lowest BCUT2D eigenvalue weighted by Crippen LogP contribution is -2.28. The van der Waals surface area contributed by atoms with Crippen molar-refractivity contribution in [2.45, 2.75) is 18.9 Å². The van der Waals surface area contributed by atoms with Crippen molar-refractivity contribution >= 4 is 10.9 Å². The second-order valence-electron chi connectivity index (χ2n) is 5.03. The van der Waals surface area contributed by atoms with Crippen molar-refractivity contribution in [2.75, 3.05) is 0 Å². The Morgan fingerprint density at radius 3 is 2.71 bits per heavy atom. The average molecular weight is 278 g/mol. The molecule has 2 heterocycles. The molecule has 3 rings (SSSR count). The van der Waals surface area contributed by atoms with E-state index in [1.807, 2.05) is 36.7 Å². The van der Waals surface area contributed by atoms with E-state index in [1.165, 1.54) is 0 Å². The normalized spacial score (nSPS) is 12.4. The lowest BCUT2D eigenvalue weighted by atomic mass is 10.00. The molecule has 0 aliphatic rings. The highest BCUT2D eigenvalue weighted by Crippen LogP contribution is 2.21. The van der Waals surface area contributed by atoms with Crippen LogP contribution in [0.25, 0.3) is 10.9 Å². The molecule has 0 saturated heterocycles. The summed E-state index contributed by atoms with van der Waals surface area (Å²) in [6.07, 6.45) is 5.41. The van der Waals surface area contributed by atoms with Crippen LogP contribution in [0.3, 0.4) is 0 Å². The van der Waals surface area contributed by atoms with E-state index in [2.05, 4.69) is 39.7 Å². The molecule has 3 aromatic rings. The van der Waals surface area contributed by atoms with Gasteiger partial charge in [0.25, 0.3) is 0 Å². The summed E-state index contributed by atoms with van der Waals surface area (Å²) in [6, 6.07) is 16.4. The Kier molecular flexibility index (Phi) is 4.19. The fourth-order valence-electron chi connectivity index (χ4n) is 2.48. The van der Waals surface area contributed by atoms with Gasteiger partial charge >= 0.3 is 0 Å². The Bertz CT molecular complexity index is 712. The fraction of sp³-hybridized carbons (Fsp3) is 0.176. The molecule has 0 bridgehead atoms. The molecule has 0 radical (unpaired) electrons. The molecule has 3 N–H and O–H groups in total. The molecule has 1 aromatic carbocycles. The largest absolute Gasteiger partial charge is 0.271 e. The maximum absolute atomic E-state index is 5.72. The minimum atomic E-state index is 0.0958. The third-order valence-electron chi connectivity index (χ3n) is 3.65. The lowest BCUT2D eigenvalue weighted by Gasteiger charge is -2.16. The van der Waals surface area contributed by atoms with Crippen molar-refractivity contribution in [1.82, 2.24) is 15.4 Å². The minimum absolute atomic E-state index is 0.0958. The van der Waals surface area contributed by atoms with Gasteiger partial charge in [0.1, 0.15) is 0 Å². The van der Waals surface area contributed by atoms with Crippen LogP contribution < -0.4 is 11.3 Å². The topological polar surface area (TPSA) is 63.8 Å². The molecule has 0 spiro atoms. The van der Waals surface area contributed by atoms with Crippen LogP contribution in [0.4, 0.5) is 0 Å². The van der Waals surface area contributed by atoms with Gasteiger partial charge in [0.15, 0.2) is 0 Å². The number of nitrogens with one attached hydrogen (secondary N) is 1. The zero-order valence-electron chi connectivity index (χ0n) is 11.7. The Hall–Kier alpha value is -2.30. The van der Waals surface area contributed by atoms with Gasteiger partial charge in [0, 0.05) is 29.5 Å². The van der Waals surface area contributed by atoms with E-state index in [-0.39, 0.29) is 6.04 Å². The molecule has 1 atom stereocenters. The summed E-state index contributed by atoms with van der Waals surface area (Å²) in [6.45, 7) is 0. The van der Waals surface area contributed by atoms with Crippen molar-refractivity contribution in [1.29, 1.82) is 0 Å². The number of rotatable bonds is 5. The number of nitrogens with two attached hydrogens (primary N) is 1. The number of benzene rings is 1. The molecule has 0 aliphatic carbocycles. The second-order valence-corrected chi connectivity index (χ2v) is 5.03. The highest BCUT2D eigenvalue weighted by molar-refractivity contribution is 5.78. The number of aryl methyl sites for hydroxylation is 1. The predicted octanol–water partition coefficient (Wildman–Crippen LogP) is 2.77. The minimum Gasteiger partial charge on any atom is -0.271 e. The summed E-state index contributed by atoms with van der Waals surface area (Å²) in [5.74, 6) is 5.72. The third kappa shape index (κ3) is 3.24. The number of fused-ring (bicyclic) bond motifs is 1. The van der Waals surface area contributed by atoms with Gasteiger partial charge in [-0.05, 0) is 42.7 Å². The van der Waals surface area contributed by atoms with Gasteiger partial charge in [-0.2, -0.15) is 0 Å². The molecule has 1 unspecified atom stereocenters. The van der Waals surface area contributed by atoms with E-state index in [1.54, 1.807) is 0 Å². The molecule has 2 aromatic heterocycles. The standard InChI is InChI=1S/C17H18N4/c18-21-16(9-8-15-5-1-2-10-19-15)14-7-6-13-4-3-11-20-17(13)12-14/h1-7,10-12,16,21H,8-9,18H2. The molecule has 0 fully saturated rings. The van der Waals surface area contributed by atoms with E-state index in [0.717, 1.165) is 35.0 Å². The Balaban J connectivity index is 1.78. The lowest BCUT2D eigenvalue weighted by molar-refractivity contribution is 0.514. The number of aromatic nitrogens is 2. The number of nitrogens with zero attached hydrogens (tertiary/aromatic N) is 2. The van der Waals surface area contributed by atoms with Crippen LogP contribution >= 0.6 is 0 Å². The van der Waals surface area contributed by atoms with Crippen molar-refractivity contribution in [3.63, 3.8) is 0 Å². The third-order valence-corrected chi connectivity index (χ3v) is 3.65. The monoisotopic (exact) mass is 278 g/mol. The number of hydrogen-bond acceptors (Lipinski definition) is 4. The quantitative estimate of drug-likeness (QED) is 0.556. The summed E-state index contributed by atoms with van der Waals surface area (Å²) < 4.78 is 0. The Morgan fingerprint density at radius 1 is 1.00 bits per heavy atom. The van der Waals surface area contributed by atoms with Crippen LogP contribution in [-0.4, -0.2) is 9.97 Å². The summed E-state index contributed by atoms with van der Waals surface area (Å²) in [5.41, 5.74) is 6.12. The molecular weight excluding hydrogens is 260 g/mol. The first-order chi connectivity index (χ1) is 10.4. The van der Waals surface area contributed by atoms with Gasteiger partial charge in [0.2, 0.25) is 0 Å². The van der Waals surface area contributed by atoms with Gasteiger partial charge in [-0.1, -0.05) is 24.3 Å². The SMILES string of the molecule is NNC(CCc1ccccn1)c1ccc2cccnc2c1. The maximum Gasteiger partial charge on any atom is 0.0705 e. The zero-order chi connectivity index (χ0) is 14.5. The first kappa shape index (κ1) is 13.7. The summed E-state index contributed by atoms with van der Waals surface area (Å²) >= 11 is 0. The van der Waals surface area contributed by atoms with E-state index < -0.39 is 0 Å². The highest BCUT2D eigenvalue weighted by atomic mass is 15.2. The predicted molar refractivity (Wildman–Crippen MR) is 84.4 cm³/mol. The molecule has 0 aliphatic heterocycles. The smallest absolute Gasteiger partial charge is 0.0705 e. The van der Waals surface area contributed by atoms with Gasteiger partial charge in [-0.15, -0.1) is 0 Å². The molecule has 4 nitrogen and oxygen atoms in total. The summed E-state index contributed by atoms with van der Waals surface area (Å²) in [5, 5.41) is 1.14. The van der Waals surface area contributed by atoms with Crippen LogP contribution in [0.5, 0.6) is 0 Å². The van der Waals surface area contributed by atoms with Crippen LogP contribution in [-0.2, 0) is 6.42 Å². The molecule has 0 saturated carbocycles. The van der Waals surface area contributed by atoms with Crippen molar-refractivity contribution < 1.29 is 0 Å². The number of hydrazine groups is 1. The van der Waals surface area contributed by atoms with E-state index in [4.69, 9.17) is 5.84 Å². The fourth-order valence-corrected chi connectivity index (χ4v) is 2.48. The first-order valence-corrected chi connectivity index (χ1v) is 7.07. The second kappa shape index (κ2) is 6.43. The van der Waals surface area contributed by atoms with Crippen molar-refractivity contribution in [3.05, 3.63) is 72.2 Å². The number of pyridine rings is 2. The highest BCUT2D eigenvalue weighted by Gasteiger charge is 2.11. The van der Waals surface area contributed by atoms with Gasteiger partial charge < -0.3 is 0 Å². The van der Waals surface area contributed by atoms with Gasteiger partial charge in [-0.3, -0.25) is 21.2 Å². The molecule has 0 amide bonds. The maximum atomic E-state index is 5.72. The van der Waals surface area contributed by atoms with Crippen molar-refractivity contribution in [3.8, 4) is 0 Å². The number of hydrogen-bond donors (Lipinski definition) is 2. The van der Waals surface area contributed by atoms with E-state index >= 15 is 0 Å². The van der Waals surface area contributed by atoms with Crippen LogP contribution in [0, 0.1) is 0 Å². The van der Waals surface area contributed by atoms with Gasteiger partial charge in [-0.25, -0.2) is 0 Å². The van der Waals surface area contributed by atoms with Crippen LogP contribution in [0.1, 0.15) is 23.7 Å². The molecule has 106 valence electrons. The molecule has 4 heteroatoms. The first-order valence-electron chi connectivity index (χ1n) is 7.07. The molecular formula is C17H18N4. The Labute approximate surface area is 124 Å². The zero-order valence-corrected chi connectivity index (χ0v) is 11.7. The van der Waals surface area contributed by atoms with Crippen molar-refractivity contribution in [2.24, 2.45) is 5.84 Å². The van der Waals surface area contributed by atoms with E-state index in [0.29, 0.717) is 0 Å². The van der Waals surface area contributed by atoms with Crippen LogP contribution in [0.2, 0.25) is 0 Å². The average Bonchev–Trinajstić information content (AvgIpc) is 2.56. The summed E-state index contributed by atoms with van der Waals surface area (Å²) in [7, 11) is 0. The summed E-state index contributed by atoms with van der Waals surface area (Å²) in [4.78, 5) is 8.74. The molecule has 21 heavy (non-hydrogen) atoms. The van der Waals surface area contributed by atoms with Gasteiger partial charge in [0.05, 0.1) is 5.52 Å². The van der Waals surface area contributed by atoms with E-state index in [9.17, 15) is 0 Å². The Morgan fingerprint density at radius 2 is 1.90 bits per heavy atom. The van der Waals surface area contributed by atoms with Crippen LogP contribution in [0.15, 0.2) is 60.9 Å².